The number of hydrogen-bond acceptors (Lipinski definition) is 9. The number of phosphoric ester groups is 1. The lowest BCUT2D eigenvalue weighted by atomic mass is 10.1. The predicted octanol–water partition coefficient (Wildman–Crippen LogP) is 10.6. The zero-order valence-corrected chi connectivity index (χ0v) is 34.1. The second kappa shape index (κ2) is 38.2. The van der Waals surface area contributed by atoms with Crippen molar-refractivity contribution in [2.75, 3.05) is 26.4 Å². The van der Waals surface area contributed by atoms with E-state index in [-0.39, 0.29) is 19.4 Å². The molecule has 1 unspecified atom stereocenters. The number of carbonyl (C=O) groups excluding carboxylic acids is 2. The van der Waals surface area contributed by atoms with Gasteiger partial charge in [-0.15, -0.1) is 0 Å². The minimum absolute atomic E-state index is 0.167. The normalized spacial score (nSPS) is 14.4. The van der Waals surface area contributed by atoms with Crippen LogP contribution in [-0.4, -0.2) is 65.7 Å². The van der Waals surface area contributed by atoms with Gasteiger partial charge in [-0.3, -0.25) is 18.6 Å². The van der Waals surface area contributed by atoms with E-state index in [1.165, 1.54) is 51.4 Å². The standard InChI is InChI=1S/C42H75O10P/c1-3-5-7-9-11-13-15-17-18-19-20-22-23-25-27-29-31-33-41(45)49-37-40(38-51-53(47,48)50-36-39(44)35-43)52-42(46)34-32-30-28-26-24-21-16-14-12-10-8-6-4-2/h11,13-14,16-18,20,22,39-40,43-44H,3-10,12,15,19,21,23-38H2,1-2H3,(H,47,48)/b13-11+,16-14+,18-17+,22-20+/t39-,40+/m0/s1. The molecule has 0 radical (unpaired) electrons. The molecule has 308 valence electrons. The fraction of sp³-hybridized carbons (Fsp3) is 0.762. The number of unbranched alkanes of at least 4 members (excludes halogenated alkanes) is 16. The number of esters is 2. The van der Waals surface area contributed by atoms with Crippen LogP contribution in [0.5, 0.6) is 0 Å². The molecule has 0 aliphatic rings. The number of hydrogen-bond donors (Lipinski definition) is 3. The molecule has 3 atom stereocenters. The third kappa shape index (κ3) is 38.0. The SMILES string of the molecule is CCCCC/C=C/C/C=C/C/C=C/CCCCCCC(=O)OC[C@H](COP(=O)(O)OC[C@@H](O)CO)OC(=O)CCCCCCC/C=C/CCCCCC. The maximum atomic E-state index is 12.6. The molecule has 0 spiro atoms. The van der Waals surface area contributed by atoms with Crippen molar-refractivity contribution in [1.82, 2.24) is 0 Å². The van der Waals surface area contributed by atoms with E-state index in [1.54, 1.807) is 0 Å². The Hall–Kier alpha value is -2.07. The third-order valence-electron chi connectivity index (χ3n) is 8.46. The number of aliphatic hydroxyl groups excluding tert-OH is 2. The van der Waals surface area contributed by atoms with Gasteiger partial charge in [0.2, 0.25) is 0 Å². The molecule has 0 saturated carbocycles. The maximum absolute atomic E-state index is 12.6. The summed E-state index contributed by atoms with van der Waals surface area (Å²) in [6, 6.07) is 0. The first kappa shape index (κ1) is 50.9. The Bertz CT molecular complexity index is 1030. The Morgan fingerprint density at radius 3 is 1.53 bits per heavy atom. The Kier molecular flexibility index (Phi) is 36.7. The first-order valence-electron chi connectivity index (χ1n) is 20.6. The summed E-state index contributed by atoms with van der Waals surface area (Å²) in [6.45, 7) is 2.29. The van der Waals surface area contributed by atoms with Crippen LogP contribution >= 0.6 is 7.82 Å². The van der Waals surface area contributed by atoms with Gasteiger partial charge in [0.15, 0.2) is 6.10 Å². The molecule has 0 aromatic carbocycles. The van der Waals surface area contributed by atoms with Gasteiger partial charge in [0, 0.05) is 12.8 Å². The zero-order chi connectivity index (χ0) is 39.1. The number of allylic oxidation sites excluding steroid dienone is 8. The smallest absolute Gasteiger partial charge is 0.462 e. The molecule has 0 aliphatic heterocycles. The number of phosphoric acid groups is 1. The molecular weight excluding hydrogens is 695 g/mol. The predicted molar refractivity (Wildman–Crippen MR) is 214 cm³/mol. The zero-order valence-electron chi connectivity index (χ0n) is 33.2. The molecule has 11 heteroatoms. The lowest BCUT2D eigenvalue weighted by Gasteiger charge is -2.20. The van der Waals surface area contributed by atoms with Crippen molar-refractivity contribution in [3.63, 3.8) is 0 Å². The number of rotatable bonds is 38. The fourth-order valence-electron chi connectivity index (χ4n) is 5.23. The highest BCUT2D eigenvalue weighted by Crippen LogP contribution is 2.43. The highest BCUT2D eigenvalue weighted by molar-refractivity contribution is 7.47. The average molecular weight is 771 g/mol. The average Bonchev–Trinajstić information content (AvgIpc) is 3.14. The molecule has 0 rings (SSSR count). The van der Waals surface area contributed by atoms with Crippen molar-refractivity contribution < 1.29 is 47.8 Å². The fourth-order valence-corrected chi connectivity index (χ4v) is 6.02. The van der Waals surface area contributed by atoms with Gasteiger partial charge in [-0.2, -0.15) is 0 Å². The molecule has 3 N–H and O–H groups in total. The van der Waals surface area contributed by atoms with Crippen LogP contribution in [0.3, 0.4) is 0 Å². The first-order valence-corrected chi connectivity index (χ1v) is 22.1. The van der Waals surface area contributed by atoms with Crippen LogP contribution in [0.15, 0.2) is 48.6 Å². The van der Waals surface area contributed by atoms with Gasteiger partial charge >= 0.3 is 19.8 Å². The lowest BCUT2D eigenvalue weighted by molar-refractivity contribution is -0.161. The van der Waals surface area contributed by atoms with E-state index >= 15 is 0 Å². The van der Waals surface area contributed by atoms with Crippen LogP contribution in [0.4, 0.5) is 0 Å². The topological polar surface area (TPSA) is 149 Å². The van der Waals surface area contributed by atoms with Gasteiger partial charge in [0.25, 0.3) is 0 Å². The minimum atomic E-state index is -4.62. The molecule has 0 aromatic rings. The molecular formula is C42H75O10P. The molecule has 10 nitrogen and oxygen atoms in total. The summed E-state index contributed by atoms with van der Waals surface area (Å²) >= 11 is 0. The quantitative estimate of drug-likeness (QED) is 0.0240. The van der Waals surface area contributed by atoms with Gasteiger partial charge in [0.1, 0.15) is 12.7 Å². The highest BCUT2D eigenvalue weighted by atomic mass is 31.2. The van der Waals surface area contributed by atoms with Crippen molar-refractivity contribution in [3.8, 4) is 0 Å². The summed E-state index contributed by atoms with van der Waals surface area (Å²) in [7, 11) is -4.62. The molecule has 0 heterocycles. The van der Waals surface area contributed by atoms with Gasteiger partial charge in [-0.1, -0.05) is 127 Å². The molecule has 53 heavy (non-hydrogen) atoms. The van der Waals surface area contributed by atoms with E-state index in [4.69, 9.17) is 19.1 Å². The van der Waals surface area contributed by atoms with Crippen molar-refractivity contribution in [3.05, 3.63) is 48.6 Å². The van der Waals surface area contributed by atoms with E-state index in [0.29, 0.717) is 12.8 Å². The van der Waals surface area contributed by atoms with Gasteiger partial charge in [0.05, 0.1) is 19.8 Å². The highest BCUT2D eigenvalue weighted by Gasteiger charge is 2.27. The van der Waals surface area contributed by atoms with Crippen LogP contribution in [0.2, 0.25) is 0 Å². The summed E-state index contributed by atoms with van der Waals surface area (Å²) in [5, 5.41) is 18.3. The maximum Gasteiger partial charge on any atom is 0.472 e. The Balaban J connectivity index is 4.38. The molecule has 0 bridgehead atoms. The van der Waals surface area contributed by atoms with Crippen LogP contribution in [0, 0.1) is 0 Å². The van der Waals surface area contributed by atoms with Crippen LogP contribution in [0.1, 0.15) is 168 Å². The molecule has 0 aromatic heterocycles. The largest absolute Gasteiger partial charge is 0.472 e. The van der Waals surface area contributed by atoms with Gasteiger partial charge in [-0.05, 0) is 77.0 Å². The van der Waals surface area contributed by atoms with Gasteiger partial charge < -0.3 is 24.6 Å². The van der Waals surface area contributed by atoms with Crippen molar-refractivity contribution >= 4 is 19.8 Å². The number of carbonyl (C=O) groups is 2. The Morgan fingerprint density at radius 2 is 0.981 bits per heavy atom. The molecule has 0 amide bonds. The van der Waals surface area contributed by atoms with Crippen molar-refractivity contribution in [1.29, 1.82) is 0 Å². The molecule has 0 aliphatic carbocycles. The Morgan fingerprint density at radius 1 is 0.566 bits per heavy atom. The van der Waals surface area contributed by atoms with Crippen LogP contribution in [0.25, 0.3) is 0 Å². The third-order valence-corrected chi connectivity index (χ3v) is 9.41. The van der Waals surface area contributed by atoms with E-state index in [2.05, 4.69) is 67.0 Å². The molecule has 0 fully saturated rings. The van der Waals surface area contributed by atoms with Crippen molar-refractivity contribution in [2.24, 2.45) is 0 Å². The second-order valence-electron chi connectivity index (χ2n) is 13.7. The minimum Gasteiger partial charge on any atom is -0.462 e. The lowest BCUT2D eigenvalue weighted by Crippen LogP contribution is -2.29. The summed E-state index contributed by atoms with van der Waals surface area (Å²) in [5.41, 5.74) is 0. The van der Waals surface area contributed by atoms with E-state index in [0.717, 1.165) is 77.0 Å². The first-order chi connectivity index (χ1) is 25.7. The van der Waals surface area contributed by atoms with Crippen LogP contribution in [-0.2, 0) is 32.7 Å². The van der Waals surface area contributed by atoms with Crippen LogP contribution < -0.4 is 0 Å². The number of aliphatic hydroxyl groups is 2. The number of ether oxygens (including phenoxy) is 2. The summed E-state index contributed by atoms with van der Waals surface area (Å²) in [4.78, 5) is 34.9. The molecule has 0 saturated heterocycles. The van der Waals surface area contributed by atoms with E-state index in [9.17, 15) is 24.2 Å². The van der Waals surface area contributed by atoms with Gasteiger partial charge in [-0.25, -0.2) is 4.57 Å². The summed E-state index contributed by atoms with van der Waals surface area (Å²) in [5.74, 6) is -0.963. The second-order valence-corrected chi connectivity index (χ2v) is 15.1. The summed E-state index contributed by atoms with van der Waals surface area (Å²) in [6.07, 6.45) is 39.3. The summed E-state index contributed by atoms with van der Waals surface area (Å²) < 4.78 is 32.6. The van der Waals surface area contributed by atoms with Crippen molar-refractivity contribution in [2.45, 2.75) is 180 Å². The Labute approximate surface area is 322 Å². The van der Waals surface area contributed by atoms with E-state index in [1.807, 2.05) is 0 Å². The van der Waals surface area contributed by atoms with E-state index < -0.39 is 51.8 Å². The monoisotopic (exact) mass is 771 g/mol.